The van der Waals surface area contributed by atoms with Crippen molar-refractivity contribution in [3.8, 4) is 5.69 Å². The molecule has 2 rings (SSSR count). The van der Waals surface area contributed by atoms with Crippen LogP contribution in [0.2, 0.25) is 0 Å². The number of aromatic nitrogens is 3. The van der Waals surface area contributed by atoms with Crippen LogP contribution < -0.4 is 16.6 Å². The molecular weight excluding hydrogens is 236 g/mol. The van der Waals surface area contributed by atoms with Gasteiger partial charge in [-0.3, -0.25) is 0 Å². The van der Waals surface area contributed by atoms with Crippen molar-refractivity contribution in [2.24, 2.45) is 5.84 Å². The van der Waals surface area contributed by atoms with Gasteiger partial charge in [0.2, 0.25) is 0 Å². The molecule has 2 aromatic rings. The summed E-state index contributed by atoms with van der Waals surface area (Å²) in [7, 11) is 0. The second-order valence-corrected chi connectivity index (χ2v) is 3.73. The number of para-hydroxylation sites is 1. The molecule has 1 heterocycles. The smallest absolute Gasteiger partial charge is 0.180 e. The number of nitrogens with two attached hydrogens (primary N) is 1. The van der Waals surface area contributed by atoms with Gasteiger partial charge in [0.15, 0.2) is 5.11 Å². The van der Waals surface area contributed by atoms with Crippen LogP contribution in [0, 0.1) is 0 Å². The summed E-state index contributed by atoms with van der Waals surface area (Å²) in [6.45, 7) is 0.482. The zero-order chi connectivity index (χ0) is 12.1. The van der Waals surface area contributed by atoms with E-state index in [0.717, 1.165) is 11.4 Å². The second kappa shape index (κ2) is 5.37. The topological polar surface area (TPSA) is 80.8 Å². The minimum absolute atomic E-state index is 0.374. The highest BCUT2D eigenvalue weighted by atomic mass is 32.1. The fourth-order valence-corrected chi connectivity index (χ4v) is 1.38. The minimum atomic E-state index is 0.374. The first kappa shape index (κ1) is 11.5. The van der Waals surface area contributed by atoms with Crippen LogP contribution in [0.3, 0.4) is 0 Å². The fraction of sp³-hybridized carbons (Fsp3) is 0.100. The van der Waals surface area contributed by atoms with Gasteiger partial charge in [0.1, 0.15) is 5.69 Å². The van der Waals surface area contributed by atoms with Gasteiger partial charge in [0.25, 0.3) is 0 Å². The van der Waals surface area contributed by atoms with Crippen molar-refractivity contribution in [2.75, 3.05) is 0 Å². The molecule has 6 nitrogen and oxygen atoms in total. The maximum absolute atomic E-state index is 5.14. The number of nitrogens with zero attached hydrogens (tertiary/aromatic N) is 3. The summed E-state index contributed by atoms with van der Waals surface area (Å²) in [4.78, 5) is 0. The Morgan fingerprint density at radius 2 is 2.12 bits per heavy atom. The summed E-state index contributed by atoms with van der Waals surface area (Å²) in [6, 6.07) is 9.76. The molecule has 1 aromatic carbocycles. The van der Waals surface area contributed by atoms with Crippen LogP contribution in [-0.2, 0) is 6.54 Å². The molecule has 0 bridgehead atoms. The normalized spacial score (nSPS) is 9.94. The lowest BCUT2D eigenvalue weighted by molar-refractivity contribution is 0.786. The van der Waals surface area contributed by atoms with Crippen LogP contribution in [0.5, 0.6) is 0 Å². The highest BCUT2D eigenvalue weighted by molar-refractivity contribution is 7.80. The number of thiocarbonyl (C=S) groups is 1. The minimum Gasteiger partial charge on any atom is -0.356 e. The third kappa shape index (κ3) is 2.99. The quantitative estimate of drug-likeness (QED) is 0.406. The molecule has 0 unspecified atom stereocenters. The molecule has 1 aromatic heterocycles. The van der Waals surface area contributed by atoms with Gasteiger partial charge in [-0.2, -0.15) is 0 Å². The maximum Gasteiger partial charge on any atom is 0.180 e. The van der Waals surface area contributed by atoms with Gasteiger partial charge < -0.3 is 10.7 Å². The van der Waals surface area contributed by atoms with E-state index in [-0.39, 0.29) is 0 Å². The number of hydrogen-bond donors (Lipinski definition) is 3. The van der Waals surface area contributed by atoms with E-state index < -0.39 is 0 Å². The van der Waals surface area contributed by atoms with E-state index in [9.17, 15) is 0 Å². The largest absolute Gasteiger partial charge is 0.356 e. The van der Waals surface area contributed by atoms with Gasteiger partial charge in [-0.1, -0.05) is 23.4 Å². The third-order valence-corrected chi connectivity index (χ3v) is 2.38. The first-order valence-corrected chi connectivity index (χ1v) is 5.41. The fourth-order valence-electron chi connectivity index (χ4n) is 1.31. The lowest BCUT2D eigenvalue weighted by Gasteiger charge is -2.03. The predicted octanol–water partition coefficient (Wildman–Crippen LogP) is 0.105. The molecule has 0 aliphatic rings. The van der Waals surface area contributed by atoms with Crippen molar-refractivity contribution in [2.45, 2.75) is 6.54 Å². The number of rotatable bonds is 3. The van der Waals surface area contributed by atoms with Crippen molar-refractivity contribution in [1.82, 2.24) is 25.7 Å². The summed E-state index contributed by atoms with van der Waals surface area (Å²) in [5.41, 5.74) is 4.09. The van der Waals surface area contributed by atoms with E-state index in [1.165, 1.54) is 0 Å². The van der Waals surface area contributed by atoms with E-state index in [1.807, 2.05) is 36.5 Å². The molecule has 0 fully saturated rings. The number of hydrogen-bond acceptors (Lipinski definition) is 4. The Labute approximate surface area is 104 Å². The summed E-state index contributed by atoms with van der Waals surface area (Å²) in [6.07, 6.45) is 1.83. The molecule has 0 radical (unpaired) electrons. The molecule has 0 saturated heterocycles. The first-order chi connectivity index (χ1) is 8.29. The van der Waals surface area contributed by atoms with E-state index in [4.69, 9.17) is 18.1 Å². The molecule has 0 spiro atoms. The molecule has 4 N–H and O–H groups in total. The highest BCUT2D eigenvalue weighted by Crippen LogP contribution is 2.05. The molecule has 0 saturated carbocycles. The zero-order valence-corrected chi connectivity index (χ0v) is 9.81. The Morgan fingerprint density at radius 3 is 2.82 bits per heavy atom. The van der Waals surface area contributed by atoms with Crippen molar-refractivity contribution in [1.29, 1.82) is 0 Å². The van der Waals surface area contributed by atoms with Crippen LogP contribution in [0.1, 0.15) is 5.69 Å². The monoisotopic (exact) mass is 248 g/mol. The van der Waals surface area contributed by atoms with Crippen molar-refractivity contribution >= 4 is 17.3 Å². The van der Waals surface area contributed by atoms with Gasteiger partial charge in [-0.25, -0.2) is 10.5 Å². The average molecular weight is 248 g/mol. The Balaban J connectivity index is 2.04. The third-order valence-electron chi connectivity index (χ3n) is 2.12. The molecule has 88 valence electrons. The van der Waals surface area contributed by atoms with Crippen LogP contribution in [0.25, 0.3) is 5.69 Å². The molecule has 7 heteroatoms. The highest BCUT2D eigenvalue weighted by Gasteiger charge is 2.02. The van der Waals surface area contributed by atoms with Crippen LogP contribution in [0.4, 0.5) is 0 Å². The summed E-state index contributed by atoms with van der Waals surface area (Å²) in [5.74, 6) is 5.14. The lowest BCUT2D eigenvalue weighted by Crippen LogP contribution is -2.39. The van der Waals surface area contributed by atoms with E-state index in [2.05, 4.69) is 21.1 Å². The Bertz CT molecular complexity index is 495. The molecule has 17 heavy (non-hydrogen) atoms. The standard InChI is InChI=1S/C10H12N6S/c11-13-10(17)12-6-8-7-16(15-14-8)9-4-2-1-3-5-9/h1-5,7H,6,11H2,(H2,12,13,17). The summed E-state index contributed by atoms with van der Waals surface area (Å²) >= 11 is 4.85. The van der Waals surface area contributed by atoms with Crippen molar-refractivity contribution in [3.63, 3.8) is 0 Å². The van der Waals surface area contributed by atoms with Gasteiger partial charge in [-0.15, -0.1) is 5.10 Å². The SMILES string of the molecule is NNC(=S)NCc1cn(-c2ccccc2)nn1. The van der Waals surface area contributed by atoms with Crippen LogP contribution >= 0.6 is 12.2 Å². The van der Waals surface area contributed by atoms with Gasteiger partial charge >= 0.3 is 0 Å². The number of benzene rings is 1. The lowest BCUT2D eigenvalue weighted by atomic mass is 10.3. The number of nitrogens with one attached hydrogen (secondary N) is 2. The Morgan fingerprint density at radius 1 is 1.35 bits per heavy atom. The molecule has 0 aliphatic carbocycles. The summed E-state index contributed by atoms with van der Waals surface area (Å²) < 4.78 is 1.70. The molecule has 0 amide bonds. The van der Waals surface area contributed by atoms with Crippen LogP contribution in [0.15, 0.2) is 36.5 Å². The average Bonchev–Trinajstić information content (AvgIpc) is 2.86. The zero-order valence-electron chi connectivity index (χ0n) is 9.00. The Kier molecular flexibility index (Phi) is 3.63. The van der Waals surface area contributed by atoms with Gasteiger partial charge in [0.05, 0.1) is 18.4 Å². The Hall–Kier alpha value is -1.99. The molecule has 0 atom stereocenters. The molecule has 0 aliphatic heterocycles. The second-order valence-electron chi connectivity index (χ2n) is 3.32. The van der Waals surface area contributed by atoms with E-state index in [1.54, 1.807) is 4.68 Å². The maximum atomic E-state index is 5.14. The number of hydrazine groups is 1. The summed E-state index contributed by atoms with van der Waals surface area (Å²) in [5, 5.41) is 11.3. The van der Waals surface area contributed by atoms with Gasteiger partial charge in [0, 0.05) is 0 Å². The first-order valence-electron chi connectivity index (χ1n) is 5.00. The van der Waals surface area contributed by atoms with Gasteiger partial charge in [-0.05, 0) is 24.4 Å². The van der Waals surface area contributed by atoms with Crippen molar-refractivity contribution in [3.05, 3.63) is 42.2 Å². The van der Waals surface area contributed by atoms with E-state index >= 15 is 0 Å². The van der Waals surface area contributed by atoms with E-state index in [0.29, 0.717) is 11.7 Å². The molecular formula is C10H12N6S. The predicted molar refractivity (Wildman–Crippen MR) is 68.1 cm³/mol. The van der Waals surface area contributed by atoms with Crippen molar-refractivity contribution < 1.29 is 0 Å². The van der Waals surface area contributed by atoms with Crippen LogP contribution in [-0.4, -0.2) is 20.1 Å².